The molecule has 1 atom stereocenters. The fourth-order valence-electron chi connectivity index (χ4n) is 2.41. The second-order valence-corrected chi connectivity index (χ2v) is 4.18. The lowest BCUT2D eigenvalue weighted by molar-refractivity contribution is -0.122. The second-order valence-electron chi connectivity index (χ2n) is 4.18. The predicted octanol–water partition coefficient (Wildman–Crippen LogP) is 2.14. The van der Waals surface area contributed by atoms with Gasteiger partial charge in [0.2, 0.25) is 0 Å². The molecule has 1 fully saturated rings. The predicted molar refractivity (Wildman–Crippen MR) is 60.7 cm³/mol. The molecule has 1 unspecified atom stereocenters. The molecule has 1 aliphatic carbocycles. The summed E-state index contributed by atoms with van der Waals surface area (Å²) in [6.45, 7) is 2.81. The van der Waals surface area contributed by atoms with E-state index in [1.54, 1.807) is 13.3 Å². The van der Waals surface area contributed by atoms with Crippen LogP contribution in [0, 0.1) is 0 Å². The normalized spacial score (nSPS) is 21.1. The third-order valence-electron chi connectivity index (χ3n) is 3.25. The fourth-order valence-corrected chi connectivity index (χ4v) is 2.41. The molecule has 1 aliphatic rings. The minimum Gasteiger partial charge on any atom is -0.493 e. The Bertz CT molecular complexity index is 363. The first-order chi connectivity index (χ1) is 7.77. The van der Waals surface area contributed by atoms with E-state index < -0.39 is 0 Å². The zero-order valence-corrected chi connectivity index (χ0v) is 9.90. The Labute approximate surface area is 95.6 Å². The van der Waals surface area contributed by atoms with E-state index in [-0.39, 0.29) is 5.92 Å². The topological polar surface area (TPSA) is 44.1 Å². The fraction of sp³-hybridized carbons (Fsp3) is 0.667. The molecule has 4 heteroatoms. The van der Waals surface area contributed by atoms with Gasteiger partial charge in [0.1, 0.15) is 5.78 Å². The standard InChI is InChI=1S/C12H18N2O2/c1-3-14-12(11(16-2)8-13-14)9-6-4-5-7-10(9)15/h8-9H,3-7H2,1-2H3. The lowest BCUT2D eigenvalue weighted by Gasteiger charge is -2.22. The molecule has 16 heavy (non-hydrogen) atoms. The number of carbonyl (C=O) groups excluding carboxylic acids is 1. The van der Waals surface area contributed by atoms with Gasteiger partial charge in [0.15, 0.2) is 5.75 Å². The molecule has 0 N–H and O–H groups in total. The van der Waals surface area contributed by atoms with E-state index in [1.165, 1.54) is 0 Å². The summed E-state index contributed by atoms with van der Waals surface area (Å²) >= 11 is 0. The van der Waals surface area contributed by atoms with Gasteiger partial charge in [0.25, 0.3) is 0 Å². The van der Waals surface area contributed by atoms with Gasteiger partial charge >= 0.3 is 0 Å². The monoisotopic (exact) mass is 222 g/mol. The summed E-state index contributed by atoms with van der Waals surface area (Å²) < 4.78 is 7.18. The zero-order chi connectivity index (χ0) is 11.5. The molecule has 0 aliphatic heterocycles. The number of aryl methyl sites for hydroxylation is 1. The maximum Gasteiger partial charge on any atom is 0.160 e. The van der Waals surface area contributed by atoms with Gasteiger partial charge in [-0.1, -0.05) is 6.42 Å². The van der Waals surface area contributed by atoms with Crippen LogP contribution in [0.25, 0.3) is 0 Å². The first-order valence-electron chi connectivity index (χ1n) is 5.90. The number of carbonyl (C=O) groups is 1. The first kappa shape index (κ1) is 11.2. The van der Waals surface area contributed by atoms with Crippen LogP contribution in [0.2, 0.25) is 0 Å². The Morgan fingerprint density at radius 1 is 1.56 bits per heavy atom. The molecule has 0 bridgehead atoms. The summed E-state index contributed by atoms with van der Waals surface area (Å²) in [5, 5.41) is 4.25. The SMILES string of the molecule is CCn1ncc(OC)c1C1CCCCC1=O. The number of rotatable bonds is 3. The van der Waals surface area contributed by atoms with Crippen molar-refractivity contribution >= 4 is 5.78 Å². The lowest BCUT2D eigenvalue weighted by atomic mass is 9.85. The van der Waals surface area contributed by atoms with E-state index in [0.717, 1.165) is 37.3 Å². The number of Topliss-reactive ketones (excluding diaryl/α,β-unsaturated/α-hetero) is 1. The lowest BCUT2D eigenvalue weighted by Crippen LogP contribution is -2.21. The Morgan fingerprint density at radius 2 is 2.38 bits per heavy atom. The molecule has 0 aromatic carbocycles. The van der Waals surface area contributed by atoms with E-state index in [9.17, 15) is 4.79 Å². The molecule has 0 saturated heterocycles. The van der Waals surface area contributed by atoms with E-state index in [2.05, 4.69) is 5.10 Å². The maximum atomic E-state index is 11.9. The van der Waals surface area contributed by atoms with E-state index in [4.69, 9.17) is 4.74 Å². The Balaban J connectivity index is 2.36. The summed E-state index contributed by atoms with van der Waals surface area (Å²) in [4.78, 5) is 11.9. The average molecular weight is 222 g/mol. The second kappa shape index (κ2) is 4.68. The highest BCUT2D eigenvalue weighted by Gasteiger charge is 2.29. The highest BCUT2D eigenvalue weighted by Crippen LogP contribution is 2.35. The molecule has 1 saturated carbocycles. The average Bonchev–Trinajstić information content (AvgIpc) is 2.72. The van der Waals surface area contributed by atoms with Crippen molar-refractivity contribution in [1.82, 2.24) is 9.78 Å². The van der Waals surface area contributed by atoms with Crippen LogP contribution in [-0.4, -0.2) is 22.7 Å². The van der Waals surface area contributed by atoms with Crippen LogP contribution in [0.4, 0.5) is 0 Å². The van der Waals surface area contributed by atoms with Crippen LogP contribution in [-0.2, 0) is 11.3 Å². The highest BCUT2D eigenvalue weighted by atomic mass is 16.5. The number of ether oxygens (including phenoxy) is 1. The summed E-state index contributed by atoms with van der Waals surface area (Å²) in [6.07, 6.45) is 5.48. The molecule has 2 rings (SSSR count). The van der Waals surface area contributed by atoms with Crippen LogP contribution in [0.5, 0.6) is 5.75 Å². The van der Waals surface area contributed by atoms with Crippen LogP contribution in [0.3, 0.4) is 0 Å². The van der Waals surface area contributed by atoms with Crippen molar-refractivity contribution in [1.29, 1.82) is 0 Å². The minimum atomic E-state index is -0.00819. The first-order valence-corrected chi connectivity index (χ1v) is 5.90. The summed E-state index contributed by atoms with van der Waals surface area (Å²) in [5.74, 6) is 1.08. The third kappa shape index (κ3) is 1.84. The third-order valence-corrected chi connectivity index (χ3v) is 3.25. The van der Waals surface area contributed by atoms with Crippen LogP contribution in [0.15, 0.2) is 6.20 Å². The van der Waals surface area contributed by atoms with Gasteiger partial charge in [0.05, 0.1) is 24.9 Å². The molecule has 1 heterocycles. The van der Waals surface area contributed by atoms with E-state index in [1.807, 2.05) is 11.6 Å². The minimum absolute atomic E-state index is 0.00819. The zero-order valence-electron chi connectivity index (χ0n) is 9.90. The number of aromatic nitrogens is 2. The number of hydrogen-bond donors (Lipinski definition) is 0. The highest BCUT2D eigenvalue weighted by molar-refractivity contribution is 5.86. The van der Waals surface area contributed by atoms with E-state index in [0.29, 0.717) is 12.2 Å². The van der Waals surface area contributed by atoms with Gasteiger partial charge in [-0.25, -0.2) is 0 Å². The number of nitrogens with zero attached hydrogens (tertiary/aromatic N) is 2. The maximum absolute atomic E-state index is 11.9. The molecule has 0 radical (unpaired) electrons. The van der Waals surface area contributed by atoms with Crippen LogP contribution >= 0.6 is 0 Å². The molecule has 0 spiro atoms. The molecule has 1 aromatic heterocycles. The van der Waals surface area contributed by atoms with Crippen molar-refractivity contribution in [2.24, 2.45) is 0 Å². The largest absolute Gasteiger partial charge is 0.493 e. The molecule has 0 amide bonds. The van der Waals surface area contributed by atoms with Crippen molar-refractivity contribution < 1.29 is 9.53 Å². The van der Waals surface area contributed by atoms with Crippen molar-refractivity contribution in [3.63, 3.8) is 0 Å². The smallest absolute Gasteiger partial charge is 0.160 e. The van der Waals surface area contributed by atoms with E-state index >= 15 is 0 Å². The number of methoxy groups -OCH3 is 1. The van der Waals surface area contributed by atoms with Crippen molar-refractivity contribution in [2.75, 3.05) is 7.11 Å². The van der Waals surface area contributed by atoms with Crippen molar-refractivity contribution in [3.05, 3.63) is 11.9 Å². The van der Waals surface area contributed by atoms with Gasteiger partial charge in [-0.15, -0.1) is 0 Å². The molecular weight excluding hydrogens is 204 g/mol. The number of hydrogen-bond acceptors (Lipinski definition) is 3. The van der Waals surface area contributed by atoms with Gasteiger partial charge in [-0.2, -0.15) is 5.10 Å². The van der Waals surface area contributed by atoms with Crippen LogP contribution < -0.4 is 4.74 Å². The van der Waals surface area contributed by atoms with Gasteiger partial charge in [0, 0.05) is 13.0 Å². The van der Waals surface area contributed by atoms with Gasteiger partial charge in [-0.3, -0.25) is 9.48 Å². The summed E-state index contributed by atoms with van der Waals surface area (Å²) in [6, 6.07) is 0. The summed E-state index contributed by atoms with van der Waals surface area (Å²) in [7, 11) is 1.63. The Kier molecular flexibility index (Phi) is 3.27. The van der Waals surface area contributed by atoms with Gasteiger partial charge in [-0.05, 0) is 19.8 Å². The summed E-state index contributed by atoms with van der Waals surface area (Å²) in [5.41, 5.74) is 0.967. The van der Waals surface area contributed by atoms with Crippen LogP contribution in [0.1, 0.15) is 44.2 Å². The van der Waals surface area contributed by atoms with Crippen molar-refractivity contribution in [2.45, 2.75) is 45.1 Å². The number of ketones is 1. The Morgan fingerprint density at radius 3 is 3.00 bits per heavy atom. The molecule has 88 valence electrons. The molecule has 4 nitrogen and oxygen atoms in total. The molecule has 1 aromatic rings. The van der Waals surface area contributed by atoms with Gasteiger partial charge < -0.3 is 4.74 Å². The molecular formula is C12H18N2O2. The quantitative estimate of drug-likeness (QED) is 0.787. The Hall–Kier alpha value is -1.32. The van der Waals surface area contributed by atoms with Crippen molar-refractivity contribution in [3.8, 4) is 5.75 Å².